The summed E-state index contributed by atoms with van der Waals surface area (Å²) in [6.07, 6.45) is 6.63. The van der Waals surface area contributed by atoms with Crippen LogP contribution in [0.1, 0.15) is 84.5 Å². The quantitative estimate of drug-likeness (QED) is 0.0896. The van der Waals surface area contributed by atoms with Crippen LogP contribution < -0.4 is 19.3 Å². The Morgan fingerprint density at radius 3 is 1.21 bits per heavy atom. The first-order valence-corrected chi connectivity index (χ1v) is 19.2. The van der Waals surface area contributed by atoms with Gasteiger partial charge in [0, 0.05) is 26.2 Å². The van der Waals surface area contributed by atoms with Crippen LogP contribution in [0.25, 0.3) is 0 Å². The first kappa shape index (κ1) is 49.1. The van der Waals surface area contributed by atoms with Crippen molar-refractivity contribution in [2.45, 2.75) is 66.2 Å². The molecule has 2 aromatic carbocycles. The fraction of sp³-hybridized carbons (Fsp3) is 0.476. The van der Waals surface area contributed by atoms with Crippen LogP contribution in [0.5, 0.6) is 11.5 Å². The smallest absolute Gasteiger partial charge is 0.494 e. The molecule has 304 valence electrons. The van der Waals surface area contributed by atoms with Crippen molar-refractivity contribution in [2.75, 3.05) is 62.4 Å². The molecule has 15 heteroatoms. The third kappa shape index (κ3) is 16.0. The number of halogens is 2. The molecule has 2 aromatic heterocycles. The van der Waals surface area contributed by atoms with Crippen LogP contribution in [0.4, 0.5) is 11.6 Å². The second-order valence-electron chi connectivity index (χ2n) is 13.7. The van der Waals surface area contributed by atoms with Gasteiger partial charge in [0.25, 0.3) is 0 Å². The summed E-state index contributed by atoms with van der Waals surface area (Å²) >= 11 is 0. The maximum Gasteiger partial charge on any atom is 2.00 e. The number of esters is 2. The molecule has 2 fully saturated rings. The van der Waals surface area contributed by atoms with Gasteiger partial charge >= 0.3 is 31.4 Å². The number of benzene rings is 2. The fourth-order valence-electron chi connectivity index (χ4n) is 6.51. The second kappa shape index (κ2) is 26.0. The predicted molar refractivity (Wildman–Crippen MR) is 223 cm³/mol. The number of hydrogen-bond acceptors (Lipinski definition) is 12. The van der Waals surface area contributed by atoms with E-state index >= 15 is 0 Å². The molecule has 0 N–H and O–H groups in total. The Morgan fingerprint density at radius 1 is 0.561 bits per heavy atom. The number of rotatable bonds is 14. The average Bonchev–Trinajstić information content (AvgIpc) is 3.20. The van der Waals surface area contributed by atoms with Gasteiger partial charge in [0.05, 0.1) is 48.9 Å². The molecule has 2 aliphatic heterocycles. The molecule has 57 heavy (non-hydrogen) atoms. The summed E-state index contributed by atoms with van der Waals surface area (Å²) in [7, 11) is 0. The minimum absolute atomic E-state index is 0. The third-order valence-corrected chi connectivity index (χ3v) is 9.77. The summed E-state index contributed by atoms with van der Waals surface area (Å²) in [6, 6.07) is 22.4. The Morgan fingerprint density at radius 2 is 0.912 bits per heavy atom. The largest absolute Gasteiger partial charge is 2.00 e. The molecule has 2 saturated heterocycles. The summed E-state index contributed by atoms with van der Waals surface area (Å²) in [5.41, 5.74) is 2.99. The van der Waals surface area contributed by atoms with E-state index < -0.39 is 0 Å². The normalized spacial score (nSPS) is 14.0. The van der Waals surface area contributed by atoms with E-state index in [1.807, 2.05) is 62.4 Å². The van der Waals surface area contributed by atoms with E-state index in [1.54, 1.807) is 38.1 Å². The van der Waals surface area contributed by atoms with Gasteiger partial charge in [-0.25, -0.2) is 9.59 Å². The summed E-state index contributed by atoms with van der Waals surface area (Å²) in [4.78, 5) is 27.9. The summed E-state index contributed by atoms with van der Waals surface area (Å²) in [6.45, 7) is 13.7. The fourth-order valence-corrected chi connectivity index (χ4v) is 6.51. The summed E-state index contributed by atoms with van der Waals surface area (Å²) in [5.74, 6) is 4.25. The van der Waals surface area contributed by atoms with Gasteiger partial charge in [-0.15, -0.1) is 35.0 Å². The molecule has 6 rings (SSSR count). The van der Waals surface area contributed by atoms with Crippen molar-refractivity contribution in [3.8, 4) is 11.5 Å². The van der Waals surface area contributed by atoms with Crippen LogP contribution in [-0.2, 0) is 29.0 Å². The van der Waals surface area contributed by atoms with Crippen molar-refractivity contribution in [1.82, 2.24) is 20.4 Å². The number of hydrogen-bond donors (Lipinski definition) is 0. The monoisotopic (exact) mass is 874 g/mol. The molecule has 0 amide bonds. The van der Waals surface area contributed by atoms with E-state index in [4.69, 9.17) is 18.9 Å². The van der Waals surface area contributed by atoms with Crippen molar-refractivity contribution < 1.29 is 48.0 Å². The number of aryl methyl sites for hydroxylation is 2. The first-order valence-electron chi connectivity index (χ1n) is 19.2. The van der Waals surface area contributed by atoms with Gasteiger partial charge in [-0.05, 0) is 151 Å². The van der Waals surface area contributed by atoms with E-state index in [1.165, 1.54) is 0 Å². The molecular weight excluding hydrogens is 821 g/mol. The van der Waals surface area contributed by atoms with E-state index in [2.05, 4.69) is 30.2 Å². The molecule has 0 unspecified atom stereocenters. The minimum Gasteiger partial charge on any atom is -0.494 e. The van der Waals surface area contributed by atoms with Crippen LogP contribution in [0.2, 0.25) is 0 Å². The molecular formula is C42H56Cl2N6O6Zn+2. The Bertz CT molecular complexity index is 1600. The van der Waals surface area contributed by atoms with E-state index in [9.17, 15) is 9.59 Å². The molecule has 0 saturated carbocycles. The summed E-state index contributed by atoms with van der Waals surface area (Å²) < 4.78 is 21.6. The number of ether oxygens (including phenoxy) is 4. The van der Waals surface area contributed by atoms with Gasteiger partial charge in [-0.2, -0.15) is 10.2 Å². The molecule has 0 aliphatic carbocycles. The topological polar surface area (TPSA) is 129 Å². The number of piperidine rings is 2. The van der Waals surface area contributed by atoms with Gasteiger partial charge in [0.2, 0.25) is 0 Å². The van der Waals surface area contributed by atoms with Crippen LogP contribution in [0, 0.1) is 25.7 Å². The SMILES string of the molecule is CCOC(=O)c1ccc(OCCC2CCN(c3ccc(C)nn3)CC2)cc1.CCOC(=O)c1ccc(OCCC2CCN(c3ccc(C)nn3)CC2)cc1.Cl.Cl.[Zn+2]. The third-order valence-electron chi connectivity index (χ3n) is 9.77. The van der Waals surface area contributed by atoms with Crippen molar-refractivity contribution in [3.63, 3.8) is 0 Å². The van der Waals surface area contributed by atoms with Gasteiger partial charge in [0.1, 0.15) is 11.5 Å². The van der Waals surface area contributed by atoms with Crippen molar-refractivity contribution in [2.24, 2.45) is 11.8 Å². The number of nitrogens with zero attached hydrogens (tertiary/aromatic N) is 6. The molecule has 0 atom stereocenters. The molecule has 0 radical (unpaired) electrons. The van der Waals surface area contributed by atoms with Gasteiger partial charge in [0.15, 0.2) is 11.6 Å². The zero-order valence-electron chi connectivity index (χ0n) is 33.6. The molecule has 4 aromatic rings. The zero-order valence-corrected chi connectivity index (χ0v) is 38.2. The Balaban J connectivity index is 0.000000374. The average molecular weight is 877 g/mol. The minimum atomic E-state index is -0.297. The number of carbonyl (C=O) groups excluding carboxylic acids is 2. The Hall–Kier alpha value is -4.06. The molecule has 2 aliphatic rings. The van der Waals surface area contributed by atoms with E-state index in [0.29, 0.717) is 49.4 Å². The predicted octanol–water partition coefficient (Wildman–Crippen LogP) is 8.14. The van der Waals surface area contributed by atoms with Crippen molar-refractivity contribution in [3.05, 3.63) is 95.3 Å². The van der Waals surface area contributed by atoms with Crippen molar-refractivity contribution in [1.29, 1.82) is 0 Å². The molecule has 4 heterocycles. The van der Waals surface area contributed by atoms with Crippen LogP contribution in [0.15, 0.2) is 72.8 Å². The Kier molecular flexibility index (Phi) is 22.4. The van der Waals surface area contributed by atoms with Crippen LogP contribution in [0.3, 0.4) is 0 Å². The van der Waals surface area contributed by atoms with Crippen molar-refractivity contribution >= 4 is 48.4 Å². The first-order chi connectivity index (χ1) is 26.3. The van der Waals surface area contributed by atoms with E-state index in [0.717, 1.165) is 99.2 Å². The van der Waals surface area contributed by atoms with Crippen LogP contribution >= 0.6 is 24.8 Å². The maximum atomic E-state index is 11.6. The molecule has 0 spiro atoms. The number of carbonyl (C=O) groups is 2. The van der Waals surface area contributed by atoms with E-state index in [-0.39, 0.29) is 56.2 Å². The van der Waals surface area contributed by atoms with Crippen LogP contribution in [-0.4, -0.2) is 84.9 Å². The maximum absolute atomic E-state index is 11.6. The standard InChI is InChI=1S/2C21H27N3O3.2ClH.Zn/c2*1-3-26-21(25)18-5-7-19(8-6-18)27-15-12-17-10-13-24(14-11-17)20-9-4-16(2)22-23-20;;;/h2*4-9,17H,3,10-15H2,1-2H3;2*1H;/q;;;;+2. The van der Waals surface area contributed by atoms with Gasteiger partial charge < -0.3 is 28.7 Å². The Labute approximate surface area is 362 Å². The molecule has 12 nitrogen and oxygen atoms in total. The second-order valence-corrected chi connectivity index (χ2v) is 13.7. The zero-order chi connectivity index (χ0) is 38.1. The number of aromatic nitrogens is 4. The van der Waals surface area contributed by atoms with Gasteiger partial charge in [-0.3, -0.25) is 0 Å². The number of anilines is 2. The summed E-state index contributed by atoms with van der Waals surface area (Å²) in [5, 5.41) is 16.8. The molecule has 0 bridgehead atoms. The van der Waals surface area contributed by atoms with Gasteiger partial charge in [-0.1, -0.05) is 0 Å².